The van der Waals surface area contributed by atoms with Crippen LogP contribution in [0.1, 0.15) is 17.0 Å². The third-order valence-corrected chi connectivity index (χ3v) is 3.38. The molecule has 3 heterocycles. The van der Waals surface area contributed by atoms with E-state index in [0.717, 1.165) is 29.0 Å². The number of pyridine rings is 1. The molecule has 1 aromatic rings. The Labute approximate surface area is 125 Å². The van der Waals surface area contributed by atoms with Crippen LogP contribution in [0.2, 0.25) is 0 Å². The largest absolute Gasteiger partial charge is 0.269 e. The lowest BCUT2D eigenvalue weighted by atomic mass is 10.0. The van der Waals surface area contributed by atoms with Gasteiger partial charge in [0.15, 0.2) is 12.1 Å². The van der Waals surface area contributed by atoms with E-state index in [-0.39, 0.29) is 0 Å². The second-order valence-corrected chi connectivity index (χ2v) is 5.03. The van der Waals surface area contributed by atoms with Gasteiger partial charge in [-0.2, -0.15) is 0 Å². The molecule has 0 unspecified atom stereocenters. The molecule has 0 saturated carbocycles. The van der Waals surface area contributed by atoms with Crippen LogP contribution >= 0.6 is 0 Å². The van der Waals surface area contributed by atoms with Crippen LogP contribution in [-0.2, 0) is 0 Å². The lowest BCUT2D eigenvalue weighted by molar-refractivity contribution is -0.420. The van der Waals surface area contributed by atoms with E-state index in [1.807, 2.05) is 58.0 Å². The quantitative estimate of drug-likeness (QED) is 0.600. The average Bonchev–Trinajstić information content (AvgIpc) is 2.47. The maximum Gasteiger partial charge on any atom is 0.158 e. The van der Waals surface area contributed by atoms with Gasteiger partial charge in [-0.1, -0.05) is 43.4 Å². The highest BCUT2D eigenvalue weighted by Crippen LogP contribution is 2.24. The van der Waals surface area contributed by atoms with Crippen molar-refractivity contribution in [3.63, 3.8) is 0 Å². The van der Waals surface area contributed by atoms with Gasteiger partial charge >= 0.3 is 0 Å². The Morgan fingerprint density at radius 3 is 1.76 bits per heavy atom. The van der Waals surface area contributed by atoms with Gasteiger partial charge in [0, 0.05) is 0 Å². The van der Waals surface area contributed by atoms with Gasteiger partial charge in [-0.15, -0.1) is 17.7 Å². The van der Waals surface area contributed by atoms with Crippen LogP contribution in [0.4, 0.5) is 0 Å². The van der Waals surface area contributed by atoms with Crippen LogP contribution in [0.15, 0.2) is 61.0 Å². The fourth-order valence-corrected chi connectivity index (χ4v) is 2.35. The van der Waals surface area contributed by atoms with Gasteiger partial charge in [0.2, 0.25) is 0 Å². The van der Waals surface area contributed by atoms with Crippen LogP contribution < -0.4 is 0 Å². The molecule has 0 amide bonds. The number of hydrogen-bond donors (Lipinski definition) is 0. The monoisotopic (exact) mass is 275 g/mol. The van der Waals surface area contributed by atoms with Crippen molar-refractivity contribution < 1.29 is 9.15 Å². The number of aromatic nitrogens is 1. The van der Waals surface area contributed by atoms with E-state index in [1.165, 1.54) is 0 Å². The molecule has 0 saturated heterocycles. The molecule has 3 heteroatoms. The highest BCUT2D eigenvalue weighted by molar-refractivity contribution is 5.41. The summed E-state index contributed by atoms with van der Waals surface area (Å²) >= 11 is 0. The molecule has 0 atom stereocenters. The maximum absolute atomic E-state index is 4.77. The SMILES string of the molecule is C=[N+]1C=CC=C[C-]1c1cc(C)cc([C-]2C=CC=C[N+]2=C)n1. The zero-order valence-corrected chi connectivity index (χ0v) is 12.0. The summed E-state index contributed by atoms with van der Waals surface area (Å²) in [5.74, 6) is 0. The number of rotatable bonds is 2. The topological polar surface area (TPSA) is 18.9 Å². The Balaban J connectivity index is 2.01. The Morgan fingerprint density at radius 1 is 0.857 bits per heavy atom. The van der Waals surface area contributed by atoms with Crippen LogP contribution in [0, 0.1) is 19.0 Å². The first kappa shape index (κ1) is 13.2. The van der Waals surface area contributed by atoms with Crippen LogP contribution in [0.5, 0.6) is 0 Å². The van der Waals surface area contributed by atoms with E-state index in [1.54, 1.807) is 0 Å². The molecule has 2 aliphatic rings. The molecule has 0 radical (unpaired) electrons. The molecule has 0 aliphatic carbocycles. The van der Waals surface area contributed by atoms with Crippen LogP contribution in [-0.4, -0.2) is 27.6 Å². The Kier molecular flexibility index (Phi) is 3.32. The predicted octanol–water partition coefficient (Wildman–Crippen LogP) is 2.74. The molecule has 3 nitrogen and oxygen atoms in total. The summed E-state index contributed by atoms with van der Waals surface area (Å²) in [5.41, 5.74) is 2.97. The number of aryl methyl sites for hydroxylation is 1. The van der Waals surface area contributed by atoms with Crippen LogP contribution in [0.25, 0.3) is 0 Å². The van der Waals surface area contributed by atoms with E-state index in [0.29, 0.717) is 0 Å². The third-order valence-electron chi connectivity index (χ3n) is 3.38. The van der Waals surface area contributed by atoms with Crippen molar-refractivity contribution in [1.29, 1.82) is 0 Å². The van der Waals surface area contributed by atoms with Gasteiger partial charge in [0.25, 0.3) is 0 Å². The highest BCUT2D eigenvalue weighted by atomic mass is 15.0. The summed E-state index contributed by atoms with van der Waals surface area (Å²) in [6.45, 7) is 10.1. The first-order chi connectivity index (χ1) is 10.1. The summed E-state index contributed by atoms with van der Waals surface area (Å²) in [7, 11) is 0. The lowest BCUT2D eigenvalue weighted by Crippen LogP contribution is -2.19. The summed E-state index contributed by atoms with van der Waals surface area (Å²) in [6.07, 6.45) is 15.8. The molecule has 3 rings (SSSR count). The standard InChI is InChI=1S/C18H17N3/c1-14-12-15(17-8-4-6-10-20(17)2)19-16(13-14)18-9-5-7-11-21(18)3/h4-13H,2-3H2,1H3. The summed E-state index contributed by atoms with van der Waals surface area (Å²) in [6, 6.07) is 6.09. The van der Waals surface area contributed by atoms with Crippen molar-refractivity contribution in [2.45, 2.75) is 6.92 Å². The van der Waals surface area contributed by atoms with E-state index in [9.17, 15) is 0 Å². The highest BCUT2D eigenvalue weighted by Gasteiger charge is 2.20. The molecule has 0 aromatic carbocycles. The van der Waals surface area contributed by atoms with Crippen LogP contribution in [0.3, 0.4) is 0 Å². The van der Waals surface area contributed by atoms with Gasteiger partial charge in [-0.3, -0.25) is 14.1 Å². The number of nitrogens with zero attached hydrogens (tertiary/aromatic N) is 3. The van der Waals surface area contributed by atoms with E-state index in [4.69, 9.17) is 4.98 Å². The summed E-state index contributed by atoms with van der Waals surface area (Å²) < 4.78 is 3.66. The van der Waals surface area contributed by atoms with Gasteiger partial charge in [0.05, 0.1) is 24.8 Å². The molecule has 0 N–H and O–H groups in total. The molecule has 1 aromatic heterocycles. The first-order valence-electron chi connectivity index (χ1n) is 6.78. The maximum atomic E-state index is 4.77. The second-order valence-electron chi connectivity index (χ2n) is 5.03. The van der Waals surface area contributed by atoms with Crippen molar-refractivity contribution in [3.8, 4) is 0 Å². The molecular weight excluding hydrogens is 258 g/mol. The molecule has 0 fully saturated rings. The smallest absolute Gasteiger partial charge is 0.158 e. The van der Waals surface area contributed by atoms with E-state index in [2.05, 4.69) is 32.5 Å². The van der Waals surface area contributed by atoms with Crippen molar-refractivity contribution in [2.24, 2.45) is 0 Å². The molecular formula is C18H17N3. The minimum absolute atomic E-state index is 0.907. The summed E-state index contributed by atoms with van der Waals surface area (Å²) in [4.78, 5) is 4.77. The number of hydrogen-bond acceptors (Lipinski definition) is 1. The Morgan fingerprint density at radius 2 is 1.33 bits per heavy atom. The predicted molar refractivity (Wildman–Crippen MR) is 85.0 cm³/mol. The van der Waals surface area contributed by atoms with Crippen molar-refractivity contribution in [3.05, 3.63) is 90.0 Å². The van der Waals surface area contributed by atoms with Crippen molar-refractivity contribution >= 4 is 13.4 Å². The first-order valence-corrected chi connectivity index (χ1v) is 6.78. The van der Waals surface area contributed by atoms with Crippen molar-refractivity contribution in [2.75, 3.05) is 0 Å². The molecule has 21 heavy (non-hydrogen) atoms. The van der Waals surface area contributed by atoms with Gasteiger partial charge in [-0.05, 0) is 0 Å². The lowest BCUT2D eigenvalue weighted by Gasteiger charge is -2.21. The molecule has 104 valence electrons. The Hall–Kier alpha value is -2.81. The molecule has 0 bridgehead atoms. The second kappa shape index (κ2) is 5.29. The normalized spacial score (nSPS) is 17.0. The van der Waals surface area contributed by atoms with Gasteiger partial charge < -0.3 is 0 Å². The minimum Gasteiger partial charge on any atom is -0.269 e. The van der Waals surface area contributed by atoms with Crippen molar-refractivity contribution in [1.82, 2.24) is 4.98 Å². The summed E-state index contributed by atoms with van der Waals surface area (Å²) in [5, 5.41) is 0. The fraction of sp³-hybridized carbons (Fsp3) is 0.0556. The van der Waals surface area contributed by atoms with E-state index < -0.39 is 0 Å². The molecule has 0 spiro atoms. The van der Waals surface area contributed by atoms with Gasteiger partial charge in [-0.25, -0.2) is 0 Å². The number of allylic oxidation sites excluding steroid dienone is 4. The van der Waals surface area contributed by atoms with Gasteiger partial charge in [0.1, 0.15) is 12.4 Å². The average molecular weight is 275 g/mol. The Bertz CT molecular complexity index is 662. The fourth-order valence-electron chi connectivity index (χ4n) is 2.35. The minimum atomic E-state index is 0.907. The van der Waals surface area contributed by atoms with E-state index >= 15 is 0 Å². The zero-order valence-electron chi connectivity index (χ0n) is 12.0. The third kappa shape index (κ3) is 2.58. The zero-order chi connectivity index (χ0) is 14.8. The molecule has 2 aliphatic heterocycles.